The van der Waals surface area contributed by atoms with Crippen LogP contribution < -0.4 is 5.32 Å². The molecule has 0 unspecified atom stereocenters. The Labute approximate surface area is 406 Å². The van der Waals surface area contributed by atoms with E-state index in [-0.39, 0.29) is 24.1 Å². The van der Waals surface area contributed by atoms with E-state index in [1.165, 1.54) is 154 Å². The van der Waals surface area contributed by atoms with Gasteiger partial charge < -0.3 is 19.7 Å². The standard InChI is InChI=1S/C58H114N2O5/c1-7-12-17-22-29-38-48-56(61)60(52-41-51-59-6)53(42-32-27-23-25-30-39-49-57(62)64-54(44-34-18-13-8-2)45-35-19-14-9-3)43-33-28-24-26-31-40-50-58(63)65-55(46-36-20-15-10-4)47-37-21-16-11-5/h53-55,59H,7-52H2,1-6H3. The maximum absolute atomic E-state index is 13.9. The third-order valence-electron chi connectivity index (χ3n) is 13.8. The molecule has 7 heteroatoms. The Morgan fingerprint density at radius 2 is 0.662 bits per heavy atom. The van der Waals surface area contributed by atoms with E-state index in [1.54, 1.807) is 0 Å². The van der Waals surface area contributed by atoms with Crippen LogP contribution in [0.4, 0.5) is 0 Å². The Hall–Kier alpha value is -1.63. The Bertz CT molecular complexity index is 940. The van der Waals surface area contributed by atoms with Crippen molar-refractivity contribution in [2.45, 2.75) is 335 Å². The largest absolute Gasteiger partial charge is 0.462 e. The summed E-state index contributed by atoms with van der Waals surface area (Å²) >= 11 is 0. The number of ether oxygens (including phenoxy) is 2. The maximum atomic E-state index is 13.9. The molecule has 0 aromatic rings. The van der Waals surface area contributed by atoms with Crippen molar-refractivity contribution < 1.29 is 23.9 Å². The Morgan fingerprint density at radius 1 is 0.369 bits per heavy atom. The summed E-state index contributed by atoms with van der Waals surface area (Å²) in [4.78, 5) is 41.8. The summed E-state index contributed by atoms with van der Waals surface area (Å²) in [5, 5.41) is 3.31. The first-order valence-corrected chi connectivity index (χ1v) is 29.2. The minimum Gasteiger partial charge on any atom is -0.462 e. The van der Waals surface area contributed by atoms with Crippen LogP contribution in [0, 0.1) is 0 Å². The molecule has 0 aromatic heterocycles. The molecule has 0 aliphatic rings. The zero-order valence-corrected chi connectivity index (χ0v) is 44.7. The summed E-state index contributed by atoms with van der Waals surface area (Å²) in [5.41, 5.74) is 0. The molecule has 7 nitrogen and oxygen atoms in total. The molecule has 65 heavy (non-hydrogen) atoms. The highest BCUT2D eigenvalue weighted by Crippen LogP contribution is 2.23. The number of amides is 1. The summed E-state index contributed by atoms with van der Waals surface area (Å²) in [6.07, 6.45) is 49.6. The second-order valence-electron chi connectivity index (χ2n) is 20.2. The third-order valence-corrected chi connectivity index (χ3v) is 13.8. The maximum Gasteiger partial charge on any atom is 0.306 e. The smallest absolute Gasteiger partial charge is 0.306 e. The second kappa shape index (κ2) is 50.3. The van der Waals surface area contributed by atoms with E-state index in [0.29, 0.717) is 31.2 Å². The molecule has 0 bridgehead atoms. The van der Waals surface area contributed by atoms with Gasteiger partial charge in [-0.3, -0.25) is 14.4 Å². The summed E-state index contributed by atoms with van der Waals surface area (Å²) in [6, 6.07) is 0.317. The highest BCUT2D eigenvalue weighted by Gasteiger charge is 2.23. The van der Waals surface area contributed by atoms with E-state index >= 15 is 0 Å². The van der Waals surface area contributed by atoms with Gasteiger partial charge in [-0.1, -0.05) is 208 Å². The number of nitrogens with zero attached hydrogens (tertiary/aromatic N) is 1. The molecule has 0 aromatic carbocycles. The minimum atomic E-state index is 0.0119. The van der Waals surface area contributed by atoms with Crippen molar-refractivity contribution >= 4 is 17.8 Å². The van der Waals surface area contributed by atoms with Gasteiger partial charge in [-0.05, 0) is 103 Å². The number of nitrogens with one attached hydrogen (secondary N) is 1. The van der Waals surface area contributed by atoms with Crippen LogP contribution in [-0.4, -0.2) is 61.1 Å². The topological polar surface area (TPSA) is 84.9 Å². The molecule has 0 aliphatic carbocycles. The molecule has 0 saturated heterocycles. The Kier molecular flexibility index (Phi) is 49.0. The first kappa shape index (κ1) is 63.4. The van der Waals surface area contributed by atoms with E-state index in [1.807, 2.05) is 7.05 Å². The number of esters is 2. The summed E-state index contributed by atoms with van der Waals surface area (Å²) in [5.74, 6) is 0.393. The lowest BCUT2D eigenvalue weighted by atomic mass is 9.97. The van der Waals surface area contributed by atoms with Gasteiger partial charge in [-0.25, -0.2) is 0 Å². The van der Waals surface area contributed by atoms with Crippen molar-refractivity contribution in [3.63, 3.8) is 0 Å². The number of hydrogen-bond donors (Lipinski definition) is 1. The van der Waals surface area contributed by atoms with Gasteiger partial charge in [0.1, 0.15) is 12.2 Å². The molecule has 0 radical (unpaired) electrons. The van der Waals surface area contributed by atoms with Gasteiger partial charge in [0.05, 0.1) is 0 Å². The van der Waals surface area contributed by atoms with E-state index < -0.39 is 0 Å². The fourth-order valence-electron chi connectivity index (χ4n) is 9.52. The van der Waals surface area contributed by atoms with Gasteiger partial charge in [0.2, 0.25) is 5.91 Å². The lowest BCUT2D eigenvalue weighted by molar-refractivity contribution is -0.151. The third kappa shape index (κ3) is 42.2. The monoisotopic (exact) mass is 919 g/mol. The van der Waals surface area contributed by atoms with Gasteiger partial charge >= 0.3 is 11.9 Å². The first-order chi connectivity index (χ1) is 31.9. The fourth-order valence-corrected chi connectivity index (χ4v) is 9.52. The van der Waals surface area contributed by atoms with Crippen molar-refractivity contribution in [3.05, 3.63) is 0 Å². The van der Waals surface area contributed by atoms with Crippen LogP contribution in [-0.2, 0) is 23.9 Å². The zero-order chi connectivity index (χ0) is 47.7. The van der Waals surface area contributed by atoms with Crippen LogP contribution >= 0.6 is 0 Å². The summed E-state index contributed by atoms with van der Waals surface area (Å²) < 4.78 is 12.1. The SMILES string of the molecule is CCCCCCCCC(=O)N(CCCNC)C(CCCCCCCCC(=O)OC(CCCCCC)CCCCCC)CCCCCCCCC(=O)OC(CCCCCC)CCCCCC. The van der Waals surface area contributed by atoms with E-state index in [2.05, 4.69) is 44.8 Å². The Balaban J connectivity index is 5.00. The van der Waals surface area contributed by atoms with Crippen LogP contribution in [0.5, 0.6) is 0 Å². The van der Waals surface area contributed by atoms with Gasteiger partial charge in [0.25, 0.3) is 0 Å². The van der Waals surface area contributed by atoms with Crippen molar-refractivity contribution in [2.24, 2.45) is 0 Å². The van der Waals surface area contributed by atoms with Crippen LogP contribution in [0.2, 0.25) is 0 Å². The molecule has 0 spiro atoms. The highest BCUT2D eigenvalue weighted by atomic mass is 16.5. The Morgan fingerprint density at radius 3 is 1.02 bits per heavy atom. The quantitative estimate of drug-likeness (QED) is 0.0483. The van der Waals surface area contributed by atoms with E-state index in [0.717, 1.165) is 122 Å². The second-order valence-corrected chi connectivity index (χ2v) is 20.2. The molecular weight excluding hydrogens is 805 g/mol. The van der Waals surface area contributed by atoms with Crippen LogP contribution in [0.15, 0.2) is 0 Å². The fraction of sp³-hybridized carbons (Fsp3) is 0.948. The lowest BCUT2D eigenvalue weighted by Gasteiger charge is -2.33. The molecular formula is C58H114N2O5. The van der Waals surface area contributed by atoms with Gasteiger partial charge in [-0.15, -0.1) is 0 Å². The molecule has 0 aliphatic heterocycles. The van der Waals surface area contributed by atoms with Gasteiger partial charge in [0, 0.05) is 31.8 Å². The number of carbonyl (C=O) groups excluding carboxylic acids is 3. The molecule has 0 saturated carbocycles. The van der Waals surface area contributed by atoms with Crippen molar-refractivity contribution in [1.29, 1.82) is 0 Å². The predicted octanol–water partition coefficient (Wildman–Crippen LogP) is 17.5. The number of hydrogen-bond acceptors (Lipinski definition) is 6. The van der Waals surface area contributed by atoms with E-state index in [4.69, 9.17) is 9.47 Å². The zero-order valence-electron chi connectivity index (χ0n) is 44.7. The van der Waals surface area contributed by atoms with Crippen molar-refractivity contribution in [1.82, 2.24) is 10.2 Å². The average Bonchev–Trinajstić information content (AvgIpc) is 3.30. The van der Waals surface area contributed by atoms with Gasteiger partial charge in [-0.2, -0.15) is 0 Å². The average molecular weight is 920 g/mol. The first-order valence-electron chi connectivity index (χ1n) is 29.2. The molecule has 1 N–H and O–H groups in total. The van der Waals surface area contributed by atoms with Crippen LogP contribution in [0.25, 0.3) is 0 Å². The normalized spacial score (nSPS) is 11.6. The number of carbonyl (C=O) groups is 3. The molecule has 0 atom stereocenters. The van der Waals surface area contributed by atoms with E-state index in [9.17, 15) is 14.4 Å². The summed E-state index contributed by atoms with van der Waals surface area (Å²) in [6.45, 7) is 13.0. The van der Waals surface area contributed by atoms with Crippen molar-refractivity contribution in [3.8, 4) is 0 Å². The molecule has 0 heterocycles. The predicted molar refractivity (Wildman–Crippen MR) is 281 cm³/mol. The van der Waals surface area contributed by atoms with Gasteiger partial charge in [0.15, 0.2) is 0 Å². The molecule has 386 valence electrons. The van der Waals surface area contributed by atoms with Crippen LogP contribution in [0.3, 0.4) is 0 Å². The minimum absolute atomic E-state index is 0.0119. The lowest BCUT2D eigenvalue weighted by Crippen LogP contribution is -2.41. The van der Waals surface area contributed by atoms with Crippen LogP contribution in [0.1, 0.15) is 317 Å². The molecule has 0 fully saturated rings. The number of unbranched alkanes of at least 4 members (excludes halogenated alkanes) is 27. The summed E-state index contributed by atoms with van der Waals surface area (Å²) in [7, 11) is 2.01. The number of rotatable bonds is 52. The molecule has 1 amide bonds. The van der Waals surface area contributed by atoms with Crippen molar-refractivity contribution in [2.75, 3.05) is 20.1 Å². The molecule has 0 rings (SSSR count). The highest BCUT2D eigenvalue weighted by molar-refractivity contribution is 5.76.